The maximum absolute atomic E-state index is 13.2. The van der Waals surface area contributed by atoms with E-state index in [0.717, 1.165) is 0 Å². The Balaban J connectivity index is 2.35. The number of hydrogen-bond acceptors (Lipinski definition) is 4. The molecular weight excluding hydrogens is 374 g/mol. The summed E-state index contributed by atoms with van der Waals surface area (Å²) in [5.74, 6) is -1.23. The normalized spacial score (nSPS) is 12.8. The van der Waals surface area contributed by atoms with Crippen LogP contribution in [0.25, 0.3) is 10.8 Å². The summed E-state index contributed by atoms with van der Waals surface area (Å²) in [4.78, 5) is 11.4. The number of nitrogens with one attached hydrogen (secondary N) is 1. The van der Waals surface area contributed by atoms with Gasteiger partial charge in [-0.2, -0.15) is 0 Å². The first-order valence-electron chi connectivity index (χ1n) is 7.56. The Morgan fingerprint density at radius 1 is 0.962 bits per heavy atom. The van der Waals surface area contributed by atoms with Crippen LogP contribution in [0.2, 0.25) is 0 Å². The van der Waals surface area contributed by atoms with E-state index in [1.165, 1.54) is 31.3 Å². The minimum atomic E-state index is -3.93. The molecule has 3 rings (SSSR count). The van der Waals surface area contributed by atoms with Crippen molar-refractivity contribution < 1.29 is 22.5 Å². The maximum atomic E-state index is 13.2. The Labute approximate surface area is 153 Å². The lowest BCUT2D eigenvalue weighted by atomic mass is 10.1. The first kappa shape index (κ1) is 18.2. The van der Waals surface area contributed by atoms with Gasteiger partial charge in [0, 0.05) is 5.39 Å². The number of carboxylic acid groups (broad SMARTS) is 1. The molecule has 0 aromatic heterocycles. The molecule has 0 aliphatic heterocycles. The number of sulfonamides is 1. The molecule has 0 bridgehead atoms. The molecule has 134 valence electrons. The van der Waals surface area contributed by atoms with Crippen LogP contribution in [-0.4, -0.2) is 30.8 Å². The van der Waals surface area contributed by atoms with Crippen molar-refractivity contribution >= 4 is 37.6 Å². The molecule has 3 aromatic carbocycles. The summed E-state index contributed by atoms with van der Waals surface area (Å²) in [5, 5.41) is 10.4. The molecule has 0 saturated heterocycles. The van der Waals surface area contributed by atoms with Crippen LogP contribution in [0, 0.1) is 0 Å². The molecule has 0 unspecified atom stereocenters. The van der Waals surface area contributed by atoms with Gasteiger partial charge >= 0.3 is 5.97 Å². The molecular formula is C18H15NO5S2. The van der Waals surface area contributed by atoms with Gasteiger partial charge in [-0.15, -0.1) is 0 Å². The molecule has 0 amide bonds. The van der Waals surface area contributed by atoms with E-state index < -0.39 is 26.8 Å². The second kappa shape index (κ2) is 6.99. The van der Waals surface area contributed by atoms with Crippen LogP contribution in [0.3, 0.4) is 0 Å². The second-order valence-corrected chi connectivity index (χ2v) is 8.63. The average molecular weight is 389 g/mol. The van der Waals surface area contributed by atoms with Gasteiger partial charge in [0.2, 0.25) is 10.0 Å². The molecule has 26 heavy (non-hydrogen) atoms. The van der Waals surface area contributed by atoms with Crippen LogP contribution in [0.15, 0.2) is 75.4 Å². The van der Waals surface area contributed by atoms with Gasteiger partial charge in [0.15, 0.2) is 0 Å². The second-order valence-electron chi connectivity index (χ2n) is 5.39. The molecule has 8 heteroatoms. The molecule has 6 nitrogen and oxygen atoms in total. The van der Waals surface area contributed by atoms with Crippen molar-refractivity contribution in [3.8, 4) is 0 Å². The standard InChI is InChI=1S/C18H15NO5S2/c1-19-26(23,24)17-13-7-3-2-6-12(13)10-11-16(17)25(22)15-9-5-4-8-14(15)18(20)21/h2-11,19H,1H3,(H,20,21)/t25-/m1/s1. The van der Waals surface area contributed by atoms with E-state index in [9.17, 15) is 22.5 Å². The number of fused-ring (bicyclic) bond motifs is 1. The highest BCUT2D eigenvalue weighted by Crippen LogP contribution is 2.32. The van der Waals surface area contributed by atoms with Gasteiger partial charge in [-0.1, -0.05) is 42.5 Å². The van der Waals surface area contributed by atoms with Crippen molar-refractivity contribution in [3.05, 3.63) is 66.2 Å². The number of benzene rings is 3. The fourth-order valence-corrected chi connectivity index (χ4v) is 5.50. The van der Waals surface area contributed by atoms with E-state index in [2.05, 4.69) is 4.72 Å². The van der Waals surface area contributed by atoms with Crippen LogP contribution in [0.4, 0.5) is 0 Å². The summed E-state index contributed by atoms with van der Waals surface area (Å²) in [7, 11) is -4.65. The van der Waals surface area contributed by atoms with E-state index in [4.69, 9.17) is 0 Å². The molecule has 0 fully saturated rings. The van der Waals surface area contributed by atoms with E-state index in [-0.39, 0.29) is 20.2 Å². The van der Waals surface area contributed by atoms with E-state index in [1.807, 2.05) is 0 Å². The minimum Gasteiger partial charge on any atom is -0.478 e. The highest BCUT2D eigenvalue weighted by atomic mass is 32.2. The Morgan fingerprint density at radius 3 is 2.31 bits per heavy atom. The predicted octanol–water partition coefficient (Wildman–Crippen LogP) is 2.61. The number of hydrogen-bond donors (Lipinski definition) is 2. The summed E-state index contributed by atoms with van der Waals surface area (Å²) in [6, 6.07) is 15.8. The quantitative estimate of drug-likeness (QED) is 0.699. The van der Waals surface area contributed by atoms with Gasteiger partial charge in [0.1, 0.15) is 4.90 Å². The highest BCUT2D eigenvalue weighted by Gasteiger charge is 2.26. The fourth-order valence-electron chi connectivity index (χ4n) is 2.67. The van der Waals surface area contributed by atoms with Crippen LogP contribution in [0.1, 0.15) is 10.4 Å². The van der Waals surface area contributed by atoms with Crippen molar-refractivity contribution in [1.29, 1.82) is 0 Å². The fraction of sp³-hybridized carbons (Fsp3) is 0.0556. The van der Waals surface area contributed by atoms with Crippen LogP contribution >= 0.6 is 0 Å². The van der Waals surface area contributed by atoms with Crippen molar-refractivity contribution in [1.82, 2.24) is 4.72 Å². The Morgan fingerprint density at radius 2 is 1.62 bits per heavy atom. The Hall–Kier alpha value is -2.55. The molecule has 0 saturated carbocycles. The summed E-state index contributed by atoms with van der Waals surface area (Å²) >= 11 is 0. The first-order chi connectivity index (χ1) is 12.4. The minimum absolute atomic E-state index is 0.0340. The molecule has 1 atom stereocenters. The monoisotopic (exact) mass is 389 g/mol. The highest BCUT2D eigenvalue weighted by molar-refractivity contribution is 7.91. The third-order valence-electron chi connectivity index (χ3n) is 3.90. The lowest BCUT2D eigenvalue weighted by Crippen LogP contribution is -2.21. The lowest BCUT2D eigenvalue weighted by Gasteiger charge is -2.14. The summed E-state index contributed by atoms with van der Waals surface area (Å²) in [6.07, 6.45) is 0. The van der Waals surface area contributed by atoms with Crippen molar-refractivity contribution in [2.45, 2.75) is 14.7 Å². The maximum Gasteiger partial charge on any atom is 0.336 e. The lowest BCUT2D eigenvalue weighted by molar-refractivity contribution is 0.0693. The van der Waals surface area contributed by atoms with Crippen LogP contribution < -0.4 is 4.72 Å². The summed E-state index contributed by atoms with van der Waals surface area (Å²) in [5.41, 5.74) is -0.133. The van der Waals surface area contributed by atoms with Gasteiger partial charge in [0.25, 0.3) is 0 Å². The zero-order chi connectivity index (χ0) is 18.9. The number of aromatic carboxylic acids is 1. The Bertz CT molecular complexity index is 1140. The van der Waals surface area contributed by atoms with Crippen LogP contribution in [0.5, 0.6) is 0 Å². The topological polar surface area (TPSA) is 101 Å². The average Bonchev–Trinajstić information content (AvgIpc) is 2.66. The molecule has 2 N–H and O–H groups in total. The van der Waals surface area contributed by atoms with Crippen LogP contribution in [-0.2, 0) is 20.8 Å². The molecule has 0 radical (unpaired) electrons. The van der Waals surface area contributed by atoms with Crippen molar-refractivity contribution in [2.24, 2.45) is 0 Å². The number of carboxylic acids is 1. The van der Waals surface area contributed by atoms with E-state index >= 15 is 0 Å². The van der Waals surface area contributed by atoms with E-state index in [0.29, 0.717) is 10.8 Å². The molecule has 3 aromatic rings. The first-order valence-corrected chi connectivity index (χ1v) is 10.2. The summed E-state index contributed by atoms with van der Waals surface area (Å²) in [6.45, 7) is 0. The third kappa shape index (κ3) is 3.14. The zero-order valence-corrected chi connectivity index (χ0v) is 15.3. The van der Waals surface area contributed by atoms with Gasteiger partial charge in [-0.05, 0) is 30.6 Å². The third-order valence-corrected chi connectivity index (χ3v) is 7.04. The smallest absolute Gasteiger partial charge is 0.336 e. The largest absolute Gasteiger partial charge is 0.478 e. The van der Waals surface area contributed by atoms with Crippen molar-refractivity contribution in [2.75, 3.05) is 7.05 Å². The van der Waals surface area contributed by atoms with Crippen molar-refractivity contribution in [3.63, 3.8) is 0 Å². The van der Waals surface area contributed by atoms with Gasteiger partial charge in [0.05, 0.1) is 26.2 Å². The molecule has 0 aliphatic carbocycles. The number of carbonyl (C=O) groups is 1. The number of rotatable bonds is 5. The Kier molecular flexibility index (Phi) is 4.90. The predicted molar refractivity (Wildman–Crippen MR) is 98.3 cm³/mol. The molecule has 0 aliphatic rings. The SMILES string of the molecule is CNS(=O)(=O)c1c([S@](=O)c2ccccc2C(=O)O)ccc2ccccc12. The summed E-state index contributed by atoms with van der Waals surface area (Å²) < 4.78 is 40.7. The van der Waals surface area contributed by atoms with Gasteiger partial charge in [-0.3, -0.25) is 0 Å². The zero-order valence-electron chi connectivity index (χ0n) is 13.7. The van der Waals surface area contributed by atoms with Gasteiger partial charge in [-0.25, -0.2) is 22.1 Å². The van der Waals surface area contributed by atoms with Gasteiger partial charge < -0.3 is 5.11 Å². The molecule has 0 heterocycles. The van der Waals surface area contributed by atoms with E-state index in [1.54, 1.807) is 36.4 Å². The molecule has 0 spiro atoms.